The lowest BCUT2D eigenvalue weighted by Crippen LogP contribution is -2.04. The normalized spacial score (nSPS) is 15.5. The molecule has 0 aromatic carbocycles. The second kappa shape index (κ2) is 4.49. The van der Waals surface area contributed by atoms with Gasteiger partial charge < -0.3 is 14.2 Å². The highest BCUT2D eigenvalue weighted by Crippen LogP contribution is 2.36. The van der Waals surface area contributed by atoms with Crippen molar-refractivity contribution < 1.29 is 23.5 Å². The van der Waals surface area contributed by atoms with Crippen molar-refractivity contribution in [1.82, 2.24) is 0 Å². The Hall–Kier alpha value is -0.380. The van der Waals surface area contributed by atoms with Crippen LogP contribution in [-0.4, -0.2) is 31.2 Å². The zero-order valence-corrected chi connectivity index (χ0v) is 7.34. The first-order chi connectivity index (χ1) is 4.95. The summed E-state index contributed by atoms with van der Waals surface area (Å²) in [5, 5.41) is 0. The smallest absolute Gasteiger partial charge is 0.325 e. The minimum absolute atomic E-state index is 0.00507. The molecule has 5 nitrogen and oxygen atoms in total. The predicted molar refractivity (Wildman–Crippen MR) is 38.3 cm³/mol. The minimum Gasteiger partial charge on any atom is -0.469 e. The van der Waals surface area contributed by atoms with Crippen LogP contribution in [0.3, 0.4) is 0 Å². The van der Waals surface area contributed by atoms with Crippen LogP contribution >= 0.6 is 7.60 Å². The Morgan fingerprint density at radius 3 is 2.55 bits per heavy atom. The molecule has 0 aliphatic heterocycles. The number of carbonyl (C=O) groups is 1. The summed E-state index contributed by atoms with van der Waals surface area (Å²) in [6, 6.07) is 0. The van der Waals surface area contributed by atoms with Gasteiger partial charge in [0.2, 0.25) is 0 Å². The summed E-state index contributed by atoms with van der Waals surface area (Å²) >= 11 is 0. The molecule has 1 atom stereocenters. The van der Waals surface area contributed by atoms with Crippen LogP contribution in [0.5, 0.6) is 0 Å². The van der Waals surface area contributed by atoms with Crippen molar-refractivity contribution in [1.29, 1.82) is 0 Å². The Kier molecular flexibility index (Phi) is 4.33. The van der Waals surface area contributed by atoms with Crippen LogP contribution < -0.4 is 0 Å². The van der Waals surface area contributed by atoms with Gasteiger partial charge in [-0.1, -0.05) is 0 Å². The van der Waals surface area contributed by atoms with Gasteiger partial charge in [-0.3, -0.25) is 9.36 Å². The van der Waals surface area contributed by atoms with Crippen molar-refractivity contribution in [2.24, 2.45) is 0 Å². The Morgan fingerprint density at radius 1 is 1.64 bits per heavy atom. The SMILES string of the molecule is COC(=O)CCOP(C)(=O)O. The molecular formula is C5H11O5P. The Balaban J connectivity index is 3.43. The van der Waals surface area contributed by atoms with Gasteiger partial charge in [0, 0.05) is 6.66 Å². The summed E-state index contributed by atoms with van der Waals surface area (Å²) in [5.74, 6) is -0.460. The van der Waals surface area contributed by atoms with Crippen LogP contribution in [0.15, 0.2) is 0 Å². The van der Waals surface area contributed by atoms with Gasteiger partial charge in [-0.05, 0) is 0 Å². The van der Waals surface area contributed by atoms with Crippen molar-refractivity contribution in [2.75, 3.05) is 20.4 Å². The fourth-order valence-corrected chi connectivity index (χ4v) is 0.830. The van der Waals surface area contributed by atoms with Gasteiger partial charge in [0.05, 0.1) is 20.1 Å². The van der Waals surface area contributed by atoms with E-state index in [-0.39, 0.29) is 13.0 Å². The van der Waals surface area contributed by atoms with E-state index in [9.17, 15) is 9.36 Å². The maximum absolute atomic E-state index is 10.5. The fourth-order valence-electron chi connectivity index (χ4n) is 0.400. The second-order valence-electron chi connectivity index (χ2n) is 1.96. The lowest BCUT2D eigenvalue weighted by atomic mass is 10.5. The average molecular weight is 182 g/mol. The first-order valence-corrected chi connectivity index (χ1v) is 5.00. The van der Waals surface area contributed by atoms with Gasteiger partial charge in [0.15, 0.2) is 0 Å². The summed E-state index contributed by atoms with van der Waals surface area (Å²) in [4.78, 5) is 19.0. The number of methoxy groups -OCH3 is 1. The predicted octanol–water partition coefficient (Wildman–Crippen LogP) is 0.381. The van der Waals surface area contributed by atoms with Gasteiger partial charge in [-0.25, -0.2) is 0 Å². The molecule has 0 aliphatic rings. The van der Waals surface area contributed by atoms with Crippen molar-refractivity contribution in [3.8, 4) is 0 Å². The third-order valence-corrected chi connectivity index (χ3v) is 1.53. The van der Waals surface area contributed by atoms with E-state index in [4.69, 9.17) is 4.89 Å². The molecule has 0 spiro atoms. The summed E-state index contributed by atoms with van der Waals surface area (Å²) in [7, 11) is -2.20. The first kappa shape index (κ1) is 10.6. The minimum atomic E-state index is -3.44. The van der Waals surface area contributed by atoms with E-state index in [1.54, 1.807) is 0 Å². The topological polar surface area (TPSA) is 72.8 Å². The zero-order valence-electron chi connectivity index (χ0n) is 6.44. The molecule has 1 N–H and O–H groups in total. The van der Waals surface area contributed by atoms with Gasteiger partial charge in [0.25, 0.3) is 0 Å². The van der Waals surface area contributed by atoms with Crippen LogP contribution in [0.2, 0.25) is 0 Å². The maximum atomic E-state index is 10.5. The van der Waals surface area contributed by atoms with Crippen LogP contribution in [0, 0.1) is 0 Å². The van der Waals surface area contributed by atoms with E-state index < -0.39 is 13.6 Å². The van der Waals surface area contributed by atoms with Crippen LogP contribution in [0.1, 0.15) is 6.42 Å². The van der Waals surface area contributed by atoms with E-state index in [0.29, 0.717) is 0 Å². The molecule has 0 rings (SSSR count). The molecule has 0 heterocycles. The number of rotatable bonds is 4. The largest absolute Gasteiger partial charge is 0.469 e. The van der Waals surface area contributed by atoms with E-state index in [1.165, 1.54) is 7.11 Å². The molecular weight excluding hydrogens is 171 g/mol. The standard InChI is InChI=1S/C5H11O5P/c1-9-5(6)3-4-10-11(2,7)8/h3-4H2,1-2H3,(H,7,8). The molecule has 1 unspecified atom stereocenters. The number of esters is 1. The molecule has 66 valence electrons. The molecule has 0 amide bonds. The zero-order chi connectivity index (χ0) is 8.91. The highest BCUT2D eigenvalue weighted by atomic mass is 31.2. The Morgan fingerprint density at radius 2 is 2.18 bits per heavy atom. The highest BCUT2D eigenvalue weighted by Gasteiger charge is 2.10. The molecule has 0 aromatic rings. The Labute approximate surface area is 64.8 Å². The molecule has 0 aromatic heterocycles. The Bertz CT molecular complexity index is 172. The molecule has 0 bridgehead atoms. The molecule has 0 radical (unpaired) electrons. The summed E-state index contributed by atoms with van der Waals surface area (Å²) in [5.41, 5.74) is 0. The number of hydrogen-bond donors (Lipinski definition) is 1. The van der Waals surface area contributed by atoms with Gasteiger partial charge in [-0.15, -0.1) is 0 Å². The molecule has 0 saturated heterocycles. The molecule has 0 saturated carbocycles. The monoisotopic (exact) mass is 182 g/mol. The van der Waals surface area contributed by atoms with Crippen LogP contribution in [-0.2, 0) is 18.6 Å². The number of hydrogen-bond acceptors (Lipinski definition) is 4. The number of ether oxygens (including phenoxy) is 1. The maximum Gasteiger partial charge on any atom is 0.325 e. The van der Waals surface area contributed by atoms with Crippen molar-refractivity contribution in [2.45, 2.75) is 6.42 Å². The third-order valence-electron chi connectivity index (χ3n) is 0.865. The average Bonchev–Trinajstić information content (AvgIpc) is 1.85. The van der Waals surface area contributed by atoms with Gasteiger partial charge in [0.1, 0.15) is 0 Å². The fraction of sp³-hybridized carbons (Fsp3) is 0.800. The van der Waals surface area contributed by atoms with Crippen LogP contribution in [0.4, 0.5) is 0 Å². The lowest BCUT2D eigenvalue weighted by Gasteiger charge is -2.04. The van der Waals surface area contributed by atoms with Crippen molar-refractivity contribution in [3.05, 3.63) is 0 Å². The van der Waals surface area contributed by atoms with E-state index >= 15 is 0 Å². The summed E-state index contributed by atoms with van der Waals surface area (Å²) in [6.45, 7) is 0.973. The first-order valence-electron chi connectivity index (χ1n) is 2.97. The summed E-state index contributed by atoms with van der Waals surface area (Å²) < 4.78 is 19.2. The second-order valence-corrected chi connectivity index (χ2v) is 3.83. The molecule has 11 heavy (non-hydrogen) atoms. The van der Waals surface area contributed by atoms with Crippen molar-refractivity contribution >= 4 is 13.6 Å². The van der Waals surface area contributed by atoms with Crippen molar-refractivity contribution in [3.63, 3.8) is 0 Å². The molecule has 0 aliphatic carbocycles. The third kappa shape index (κ3) is 7.52. The highest BCUT2D eigenvalue weighted by molar-refractivity contribution is 7.51. The van der Waals surface area contributed by atoms with Gasteiger partial charge in [-0.2, -0.15) is 0 Å². The lowest BCUT2D eigenvalue weighted by molar-refractivity contribution is -0.141. The van der Waals surface area contributed by atoms with E-state index in [2.05, 4.69) is 9.26 Å². The van der Waals surface area contributed by atoms with Gasteiger partial charge >= 0.3 is 13.6 Å². The van der Waals surface area contributed by atoms with Crippen LogP contribution in [0.25, 0.3) is 0 Å². The van der Waals surface area contributed by atoms with E-state index in [1.807, 2.05) is 0 Å². The molecule has 6 heteroatoms. The molecule has 0 fully saturated rings. The number of carbonyl (C=O) groups excluding carboxylic acids is 1. The quantitative estimate of drug-likeness (QED) is 0.502. The van der Waals surface area contributed by atoms with E-state index in [0.717, 1.165) is 6.66 Å². The summed E-state index contributed by atoms with van der Waals surface area (Å²) in [6.07, 6.45) is -0.00507.